The van der Waals surface area contributed by atoms with E-state index in [4.69, 9.17) is 5.26 Å². The smallest absolute Gasteiger partial charge is 0.0992 e. The van der Waals surface area contributed by atoms with Crippen molar-refractivity contribution in [1.82, 2.24) is 0 Å². The van der Waals surface area contributed by atoms with Gasteiger partial charge in [-0.2, -0.15) is 5.26 Å². The summed E-state index contributed by atoms with van der Waals surface area (Å²) >= 11 is 5.23. The van der Waals surface area contributed by atoms with Crippen molar-refractivity contribution in [3.05, 3.63) is 57.6 Å². The van der Waals surface area contributed by atoms with Crippen LogP contribution in [0.3, 0.4) is 0 Å². The summed E-state index contributed by atoms with van der Waals surface area (Å²) in [7, 11) is 0. The van der Waals surface area contributed by atoms with E-state index in [0.717, 1.165) is 9.37 Å². The van der Waals surface area contributed by atoms with Crippen LogP contribution in [0.15, 0.2) is 50.7 Å². The average molecular weight is 318 g/mol. The minimum Gasteiger partial charge on any atom is -0.192 e. The molecule has 2 aromatic rings. The number of rotatable bonds is 2. The zero-order valence-electron chi connectivity index (χ0n) is 10.2. The van der Waals surface area contributed by atoms with E-state index in [9.17, 15) is 0 Å². The summed E-state index contributed by atoms with van der Waals surface area (Å²) in [5.41, 5.74) is 3.20. The van der Waals surface area contributed by atoms with Crippen molar-refractivity contribution in [2.75, 3.05) is 0 Å². The summed E-state index contributed by atoms with van der Waals surface area (Å²) in [6, 6.07) is 14.3. The molecule has 0 spiro atoms. The minimum atomic E-state index is 0.673. The summed E-state index contributed by atoms with van der Waals surface area (Å²) in [4.78, 5) is 2.38. The van der Waals surface area contributed by atoms with Crippen molar-refractivity contribution in [2.45, 2.75) is 23.6 Å². The van der Waals surface area contributed by atoms with E-state index in [1.165, 1.54) is 16.0 Å². The van der Waals surface area contributed by atoms with E-state index in [0.29, 0.717) is 5.56 Å². The molecule has 0 fully saturated rings. The zero-order valence-corrected chi connectivity index (χ0v) is 12.6. The van der Waals surface area contributed by atoms with E-state index >= 15 is 0 Å². The van der Waals surface area contributed by atoms with Crippen molar-refractivity contribution in [3.63, 3.8) is 0 Å². The first-order valence-electron chi connectivity index (χ1n) is 5.55. The molecule has 0 saturated carbocycles. The summed E-state index contributed by atoms with van der Waals surface area (Å²) in [5.74, 6) is 0. The Morgan fingerprint density at radius 2 is 1.83 bits per heavy atom. The van der Waals surface area contributed by atoms with Gasteiger partial charge in [-0.1, -0.05) is 23.9 Å². The van der Waals surface area contributed by atoms with Crippen LogP contribution >= 0.6 is 27.7 Å². The van der Waals surface area contributed by atoms with Gasteiger partial charge in [0, 0.05) is 14.3 Å². The van der Waals surface area contributed by atoms with Crippen molar-refractivity contribution in [1.29, 1.82) is 5.26 Å². The lowest BCUT2D eigenvalue weighted by Crippen LogP contribution is -1.83. The third-order valence-electron chi connectivity index (χ3n) is 2.62. The molecule has 0 N–H and O–H groups in total. The second kappa shape index (κ2) is 5.60. The van der Waals surface area contributed by atoms with Crippen LogP contribution in [-0.4, -0.2) is 0 Å². The molecular formula is C15H12BrNS. The average Bonchev–Trinajstić information content (AvgIpc) is 2.36. The second-order valence-electron chi connectivity index (χ2n) is 4.13. The highest BCUT2D eigenvalue weighted by molar-refractivity contribution is 9.10. The van der Waals surface area contributed by atoms with E-state index in [-0.39, 0.29) is 0 Å². The lowest BCUT2D eigenvalue weighted by atomic mass is 10.2. The molecule has 0 aliphatic rings. The molecule has 0 amide bonds. The van der Waals surface area contributed by atoms with Crippen LogP contribution in [0.25, 0.3) is 0 Å². The number of hydrogen-bond donors (Lipinski definition) is 0. The first-order valence-corrected chi connectivity index (χ1v) is 7.16. The lowest BCUT2D eigenvalue weighted by Gasteiger charge is -2.08. The quantitative estimate of drug-likeness (QED) is 0.770. The van der Waals surface area contributed by atoms with Crippen molar-refractivity contribution in [3.8, 4) is 6.07 Å². The molecule has 2 aromatic carbocycles. The van der Waals surface area contributed by atoms with Gasteiger partial charge >= 0.3 is 0 Å². The van der Waals surface area contributed by atoms with Crippen molar-refractivity contribution < 1.29 is 0 Å². The van der Waals surface area contributed by atoms with Gasteiger partial charge in [0.2, 0.25) is 0 Å². The largest absolute Gasteiger partial charge is 0.192 e. The predicted molar refractivity (Wildman–Crippen MR) is 78.9 cm³/mol. The molecule has 90 valence electrons. The first kappa shape index (κ1) is 13.2. The Balaban J connectivity index is 2.34. The molecular weight excluding hydrogens is 306 g/mol. The van der Waals surface area contributed by atoms with E-state index in [2.05, 4.69) is 54.0 Å². The minimum absolute atomic E-state index is 0.673. The molecule has 0 atom stereocenters. The van der Waals surface area contributed by atoms with Gasteiger partial charge < -0.3 is 0 Å². The molecule has 0 unspecified atom stereocenters. The van der Waals surface area contributed by atoms with Crippen LogP contribution < -0.4 is 0 Å². The third-order valence-corrected chi connectivity index (χ3v) is 4.78. The molecule has 2 rings (SSSR count). The predicted octanol–water partition coefficient (Wildman–Crippen LogP) is 5.09. The Hall–Kier alpha value is -1.24. The monoisotopic (exact) mass is 317 g/mol. The highest BCUT2D eigenvalue weighted by Gasteiger charge is 2.06. The van der Waals surface area contributed by atoms with Crippen LogP contribution in [0.2, 0.25) is 0 Å². The Morgan fingerprint density at radius 3 is 2.50 bits per heavy atom. The molecule has 0 heterocycles. The maximum atomic E-state index is 8.85. The fourth-order valence-electron chi connectivity index (χ4n) is 1.59. The molecule has 18 heavy (non-hydrogen) atoms. The van der Waals surface area contributed by atoms with Crippen LogP contribution in [0.4, 0.5) is 0 Å². The van der Waals surface area contributed by atoms with Crippen LogP contribution in [0, 0.1) is 25.2 Å². The highest BCUT2D eigenvalue weighted by atomic mass is 79.9. The summed E-state index contributed by atoms with van der Waals surface area (Å²) in [5, 5.41) is 8.85. The number of aryl methyl sites for hydroxylation is 2. The number of nitriles is 1. The van der Waals surface area contributed by atoms with Gasteiger partial charge in [0.1, 0.15) is 0 Å². The standard InChI is InChI=1S/C15H12BrNS/c1-10-3-4-11(2)15(7-10)18-14-6-5-12(9-17)8-13(14)16/h3-8H,1-2H3. The Kier molecular flexibility index (Phi) is 4.11. The van der Waals surface area contributed by atoms with E-state index < -0.39 is 0 Å². The van der Waals surface area contributed by atoms with E-state index in [1.807, 2.05) is 18.2 Å². The SMILES string of the molecule is Cc1ccc(C)c(Sc2ccc(C#N)cc2Br)c1. The van der Waals surface area contributed by atoms with E-state index in [1.54, 1.807) is 11.8 Å². The third kappa shape index (κ3) is 2.95. The fourth-order valence-corrected chi connectivity index (χ4v) is 3.21. The van der Waals surface area contributed by atoms with Gasteiger partial charge in [-0.25, -0.2) is 0 Å². The summed E-state index contributed by atoms with van der Waals surface area (Å²) in [6.45, 7) is 4.21. The summed E-state index contributed by atoms with van der Waals surface area (Å²) < 4.78 is 0.965. The molecule has 0 aliphatic heterocycles. The van der Waals surface area contributed by atoms with Crippen LogP contribution in [0.1, 0.15) is 16.7 Å². The maximum absolute atomic E-state index is 8.85. The zero-order chi connectivity index (χ0) is 13.1. The van der Waals surface area contributed by atoms with Crippen LogP contribution in [-0.2, 0) is 0 Å². The molecule has 0 aromatic heterocycles. The normalized spacial score (nSPS) is 10.1. The number of hydrogen-bond acceptors (Lipinski definition) is 2. The number of nitrogens with zero attached hydrogens (tertiary/aromatic N) is 1. The lowest BCUT2D eigenvalue weighted by molar-refractivity contribution is 1.25. The fraction of sp³-hybridized carbons (Fsp3) is 0.133. The van der Waals surface area contributed by atoms with Crippen LogP contribution in [0.5, 0.6) is 0 Å². The molecule has 3 heteroatoms. The van der Waals surface area contributed by atoms with Gasteiger partial charge in [0.05, 0.1) is 11.6 Å². The van der Waals surface area contributed by atoms with Gasteiger partial charge in [-0.05, 0) is 65.2 Å². The topological polar surface area (TPSA) is 23.8 Å². The van der Waals surface area contributed by atoms with Gasteiger partial charge in [-0.3, -0.25) is 0 Å². The first-order chi connectivity index (χ1) is 8.60. The molecule has 1 nitrogen and oxygen atoms in total. The highest BCUT2D eigenvalue weighted by Crippen LogP contribution is 2.35. The number of benzene rings is 2. The number of halogens is 1. The molecule has 0 aliphatic carbocycles. The van der Waals surface area contributed by atoms with Gasteiger partial charge in [0.15, 0.2) is 0 Å². The van der Waals surface area contributed by atoms with Gasteiger partial charge in [0.25, 0.3) is 0 Å². The molecule has 0 bridgehead atoms. The Bertz CT molecular complexity index is 629. The van der Waals surface area contributed by atoms with Crippen molar-refractivity contribution >= 4 is 27.7 Å². The molecule has 0 saturated heterocycles. The Morgan fingerprint density at radius 1 is 1.06 bits per heavy atom. The summed E-state index contributed by atoms with van der Waals surface area (Å²) in [6.07, 6.45) is 0. The maximum Gasteiger partial charge on any atom is 0.0992 e. The molecule has 0 radical (unpaired) electrons. The Labute approximate surface area is 120 Å². The van der Waals surface area contributed by atoms with Crippen molar-refractivity contribution in [2.24, 2.45) is 0 Å². The van der Waals surface area contributed by atoms with Gasteiger partial charge in [-0.15, -0.1) is 0 Å². The second-order valence-corrected chi connectivity index (χ2v) is 6.07.